The maximum Gasteiger partial charge on any atom is 0.0540 e. The Hall–Kier alpha value is -8.00. The van der Waals surface area contributed by atoms with E-state index in [0.29, 0.717) is 0 Å². The lowest BCUT2D eigenvalue weighted by molar-refractivity contribution is 1.30. The fourth-order valence-corrected chi connectivity index (χ4v) is 9.21. The zero-order valence-corrected chi connectivity index (χ0v) is 33.6. The molecule has 286 valence electrons. The highest BCUT2D eigenvalue weighted by molar-refractivity contribution is 6.21. The van der Waals surface area contributed by atoms with Gasteiger partial charge >= 0.3 is 0 Å². The number of hydrogen-bond donors (Lipinski definition) is 0. The number of rotatable bonds is 8. The second kappa shape index (κ2) is 15.6. The molecule has 0 bridgehead atoms. The second-order valence-corrected chi connectivity index (χ2v) is 15.6. The van der Waals surface area contributed by atoms with Crippen molar-refractivity contribution in [2.75, 3.05) is 4.90 Å². The zero-order chi connectivity index (χ0) is 40.5. The summed E-state index contributed by atoms with van der Waals surface area (Å²) in [5, 5.41) is 7.44. The molecule has 1 nitrogen and oxygen atoms in total. The molecule has 0 N–H and O–H groups in total. The van der Waals surface area contributed by atoms with Crippen LogP contribution in [0.15, 0.2) is 249 Å². The molecule has 0 saturated carbocycles. The van der Waals surface area contributed by atoms with E-state index in [4.69, 9.17) is 0 Å². The molecular weight excluding hydrogens is 735 g/mol. The van der Waals surface area contributed by atoms with Crippen molar-refractivity contribution in [3.63, 3.8) is 0 Å². The van der Waals surface area contributed by atoms with Gasteiger partial charge < -0.3 is 4.90 Å². The van der Waals surface area contributed by atoms with E-state index in [-0.39, 0.29) is 0 Å². The van der Waals surface area contributed by atoms with Crippen LogP contribution in [0.1, 0.15) is 0 Å². The molecule has 0 aliphatic rings. The van der Waals surface area contributed by atoms with Crippen molar-refractivity contribution in [2.45, 2.75) is 0 Å². The third-order valence-corrected chi connectivity index (χ3v) is 12.1. The average molecular weight is 776 g/mol. The summed E-state index contributed by atoms with van der Waals surface area (Å²) >= 11 is 0. The predicted octanol–water partition coefficient (Wildman–Crippen LogP) is 17.0. The Morgan fingerprint density at radius 2 is 0.590 bits per heavy atom. The second-order valence-electron chi connectivity index (χ2n) is 15.6. The van der Waals surface area contributed by atoms with Crippen molar-refractivity contribution in [3.8, 4) is 55.6 Å². The molecule has 0 unspecified atom stereocenters. The molecule has 11 rings (SSSR count). The first-order chi connectivity index (χ1) is 30.3. The van der Waals surface area contributed by atoms with Gasteiger partial charge in [0.15, 0.2) is 0 Å². The van der Waals surface area contributed by atoms with Gasteiger partial charge in [0.1, 0.15) is 0 Å². The molecule has 0 saturated heterocycles. The summed E-state index contributed by atoms with van der Waals surface area (Å²) in [6.45, 7) is 0. The first-order valence-corrected chi connectivity index (χ1v) is 21.0. The topological polar surface area (TPSA) is 3.24 Å². The van der Waals surface area contributed by atoms with Crippen LogP contribution in [0.3, 0.4) is 0 Å². The SMILES string of the molecule is c1ccc(-c2ccc(N(c3ccc(-c4ccccc4)cc3)c3ccc(-c4cccc(-c5c(-c6ccccc6)c6ccccc6c6ccccc56)c4)c4ccccc34)cc2)cc1. The lowest BCUT2D eigenvalue weighted by Crippen LogP contribution is -2.10. The Kier molecular flexibility index (Phi) is 9.26. The molecule has 61 heavy (non-hydrogen) atoms. The van der Waals surface area contributed by atoms with E-state index in [9.17, 15) is 0 Å². The van der Waals surface area contributed by atoms with Crippen molar-refractivity contribution in [1.82, 2.24) is 0 Å². The molecule has 11 aromatic carbocycles. The Labute approximate surface area is 357 Å². The summed E-state index contributed by atoms with van der Waals surface area (Å²) in [5.41, 5.74) is 15.4. The van der Waals surface area contributed by atoms with E-state index in [1.165, 1.54) is 88.0 Å². The van der Waals surface area contributed by atoms with Crippen LogP contribution < -0.4 is 4.90 Å². The van der Waals surface area contributed by atoms with Gasteiger partial charge in [0.25, 0.3) is 0 Å². The highest BCUT2D eigenvalue weighted by atomic mass is 15.1. The van der Waals surface area contributed by atoms with Crippen molar-refractivity contribution >= 4 is 49.4 Å². The summed E-state index contributed by atoms with van der Waals surface area (Å²) in [7, 11) is 0. The zero-order valence-electron chi connectivity index (χ0n) is 33.6. The van der Waals surface area contributed by atoms with Gasteiger partial charge in [0.05, 0.1) is 5.69 Å². The van der Waals surface area contributed by atoms with Crippen LogP contribution in [-0.4, -0.2) is 0 Å². The summed E-state index contributed by atoms with van der Waals surface area (Å²) in [6.07, 6.45) is 0. The Balaban J connectivity index is 1.08. The molecule has 0 aliphatic heterocycles. The third-order valence-electron chi connectivity index (χ3n) is 12.1. The maximum atomic E-state index is 2.40. The number of anilines is 3. The average Bonchev–Trinajstić information content (AvgIpc) is 3.35. The largest absolute Gasteiger partial charge is 0.310 e. The molecule has 0 amide bonds. The predicted molar refractivity (Wildman–Crippen MR) is 261 cm³/mol. The van der Waals surface area contributed by atoms with Gasteiger partial charge in [0.2, 0.25) is 0 Å². The van der Waals surface area contributed by atoms with E-state index in [1.54, 1.807) is 0 Å². The maximum absolute atomic E-state index is 2.40. The van der Waals surface area contributed by atoms with Crippen LogP contribution in [0.25, 0.3) is 88.0 Å². The van der Waals surface area contributed by atoms with Crippen molar-refractivity contribution in [1.29, 1.82) is 0 Å². The quantitative estimate of drug-likeness (QED) is 0.139. The normalized spacial score (nSPS) is 11.3. The summed E-state index contributed by atoms with van der Waals surface area (Å²) in [6, 6.07) is 90.4. The van der Waals surface area contributed by atoms with Crippen LogP contribution in [-0.2, 0) is 0 Å². The van der Waals surface area contributed by atoms with Crippen molar-refractivity contribution in [2.24, 2.45) is 0 Å². The van der Waals surface area contributed by atoms with E-state index < -0.39 is 0 Å². The van der Waals surface area contributed by atoms with E-state index >= 15 is 0 Å². The van der Waals surface area contributed by atoms with Crippen LogP contribution in [0.4, 0.5) is 17.1 Å². The smallest absolute Gasteiger partial charge is 0.0540 e. The van der Waals surface area contributed by atoms with Gasteiger partial charge in [-0.15, -0.1) is 0 Å². The van der Waals surface area contributed by atoms with Gasteiger partial charge in [-0.05, 0) is 119 Å². The van der Waals surface area contributed by atoms with Gasteiger partial charge in [0, 0.05) is 16.8 Å². The summed E-state index contributed by atoms with van der Waals surface area (Å²) < 4.78 is 0. The summed E-state index contributed by atoms with van der Waals surface area (Å²) in [4.78, 5) is 2.40. The first-order valence-electron chi connectivity index (χ1n) is 21.0. The number of fused-ring (bicyclic) bond motifs is 4. The molecule has 0 atom stereocenters. The van der Waals surface area contributed by atoms with Crippen LogP contribution in [0.2, 0.25) is 0 Å². The number of benzene rings is 11. The minimum absolute atomic E-state index is 1.10. The van der Waals surface area contributed by atoms with Crippen molar-refractivity contribution in [3.05, 3.63) is 249 Å². The minimum Gasteiger partial charge on any atom is -0.310 e. The molecule has 0 fully saturated rings. The van der Waals surface area contributed by atoms with Crippen LogP contribution in [0, 0.1) is 0 Å². The van der Waals surface area contributed by atoms with Gasteiger partial charge in [-0.25, -0.2) is 0 Å². The molecule has 0 radical (unpaired) electrons. The van der Waals surface area contributed by atoms with Gasteiger partial charge in [-0.1, -0.05) is 212 Å². The molecule has 0 aromatic heterocycles. The molecule has 0 heterocycles. The highest BCUT2D eigenvalue weighted by Gasteiger charge is 2.20. The fraction of sp³-hybridized carbons (Fsp3) is 0. The molecule has 11 aromatic rings. The molecule has 1 heteroatoms. The number of hydrogen-bond acceptors (Lipinski definition) is 1. The lowest BCUT2D eigenvalue weighted by Gasteiger charge is -2.28. The van der Waals surface area contributed by atoms with E-state index in [1.807, 2.05) is 0 Å². The lowest BCUT2D eigenvalue weighted by atomic mass is 9.84. The Morgan fingerprint density at radius 3 is 1.11 bits per heavy atom. The summed E-state index contributed by atoms with van der Waals surface area (Å²) in [5.74, 6) is 0. The van der Waals surface area contributed by atoms with Crippen LogP contribution >= 0.6 is 0 Å². The fourth-order valence-electron chi connectivity index (χ4n) is 9.21. The highest BCUT2D eigenvalue weighted by Crippen LogP contribution is 2.47. The minimum atomic E-state index is 1.10. The van der Waals surface area contributed by atoms with Crippen molar-refractivity contribution < 1.29 is 0 Å². The number of nitrogens with zero attached hydrogens (tertiary/aromatic N) is 1. The first kappa shape index (κ1) is 36.1. The monoisotopic (exact) mass is 775 g/mol. The van der Waals surface area contributed by atoms with Crippen LogP contribution in [0.5, 0.6) is 0 Å². The standard InChI is InChI=1S/C60H41N/c1-4-17-42(18-5-1)44-31-35-49(36-32-44)61(50-37-33-45(34-38-50)43-19-6-2-7-20-43)58-40-39-51(52-25-10-13-28-55(52)58)47-23-16-24-48(41-47)60-57-30-15-12-27-54(57)53-26-11-14-29-56(53)59(60)46-21-8-3-9-22-46/h1-41H. The van der Waals surface area contributed by atoms with E-state index in [0.717, 1.165) is 17.1 Å². The molecule has 0 spiro atoms. The van der Waals surface area contributed by atoms with Gasteiger partial charge in [-0.3, -0.25) is 0 Å². The molecular formula is C60H41N. The third kappa shape index (κ3) is 6.63. The Morgan fingerprint density at radius 1 is 0.213 bits per heavy atom. The Bertz CT molecular complexity index is 3230. The van der Waals surface area contributed by atoms with Gasteiger partial charge in [-0.2, -0.15) is 0 Å². The van der Waals surface area contributed by atoms with E-state index in [2.05, 4.69) is 254 Å². The molecule has 0 aliphatic carbocycles.